The predicted molar refractivity (Wildman–Crippen MR) is 217 cm³/mol. The fraction of sp³-hybridized carbons (Fsp3) is 0.727. The summed E-state index contributed by atoms with van der Waals surface area (Å²) in [4.78, 5) is 19.6. The maximum atomic E-state index is 9.98. The zero-order chi connectivity index (χ0) is 38.4. The van der Waals surface area contributed by atoms with Crippen molar-refractivity contribution < 1.29 is 10.2 Å². The quantitative estimate of drug-likeness (QED) is 0.144. The Kier molecular flexibility index (Phi) is 11.6. The van der Waals surface area contributed by atoms with Crippen LogP contribution in [0.15, 0.2) is 24.5 Å². The molecule has 8 rings (SSSR count). The van der Waals surface area contributed by atoms with Gasteiger partial charge in [-0.3, -0.25) is 9.97 Å². The van der Waals surface area contributed by atoms with Crippen LogP contribution in [0.5, 0.6) is 0 Å². The Balaban J connectivity index is 0.000000167. The molecule has 0 bridgehead atoms. The summed E-state index contributed by atoms with van der Waals surface area (Å²) in [6, 6.07) is 5.08. The van der Waals surface area contributed by atoms with Crippen molar-refractivity contribution in [2.45, 2.75) is 168 Å². The molecule has 6 unspecified atom stereocenters. The first-order valence-electron chi connectivity index (χ1n) is 21.2. The van der Waals surface area contributed by atoms with Crippen molar-refractivity contribution in [3.05, 3.63) is 47.3 Å². The number of hydrogen-bond acceptors (Lipinski definition) is 8. The molecule has 4 aliphatic heterocycles. The molecule has 0 aromatic carbocycles. The first-order valence-corrected chi connectivity index (χ1v) is 21.2. The average Bonchev–Trinajstić information content (AvgIpc) is 3.77. The van der Waals surface area contributed by atoms with Crippen molar-refractivity contribution >= 4 is 22.3 Å². The Bertz CT molecular complexity index is 1760. The number of aromatic nitrogens is 6. The topological polar surface area (TPSA) is 126 Å². The summed E-state index contributed by atoms with van der Waals surface area (Å²) in [7, 11) is 0. The summed E-state index contributed by atoms with van der Waals surface area (Å²) in [6.45, 7) is 20.7. The van der Waals surface area contributed by atoms with Crippen LogP contribution < -0.4 is 10.6 Å². The van der Waals surface area contributed by atoms with Crippen molar-refractivity contribution in [2.24, 2.45) is 23.7 Å². The van der Waals surface area contributed by atoms with Crippen LogP contribution in [0.2, 0.25) is 0 Å². The predicted octanol–water partition coefficient (Wildman–Crippen LogP) is 7.90. The van der Waals surface area contributed by atoms with E-state index < -0.39 is 0 Å². The summed E-state index contributed by atoms with van der Waals surface area (Å²) < 4.78 is 4.71. The van der Waals surface area contributed by atoms with Gasteiger partial charge in [0.2, 0.25) is 0 Å². The molecule has 8 heterocycles. The smallest absolute Gasteiger partial charge is 0.159 e. The minimum Gasteiger partial charge on any atom is -0.395 e. The number of aliphatic hydroxyl groups excluding tert-OH is 2. The van der Waals surface area contributed by atoms with E-state index in [1.165, 1.54) is 37.1 Å². The van der Waals surface area contributed by atoms with E-state index in [4.69, 9.17) is 19.9 Å². The van der Waals surface area contributed by atoms with Gasteiger partial charge in [-0.2, -0.15) is 0 Å². The number of aliphatic hydroxyl groups is 2. The molecule has 4 aromatic heterocycles. The minimum absolute atomic E-state index is 0.148. The van der Waals surface area contributed by atoms with Gasteiger partial charge in [-0.1, -0.05) is 68.2 Å². The second-order valence-electron chi connectivity index (χ2n) is 19.3. The van der Waals surface area contributed by atoms with Crippen LogP contribution in [0.25, 0.3) is 22.3 Å². The van der Waals surface area contributed by atoms with E-state index in [0.717, 1.165) is 85.3 Å². The highest BCUT2D eigenvalue weighted by Gasteiger charge is 2.35. The van der Waals surface area contributed by atoms with Gasteiger partial charge in [-0.25, -0.2) is 9.97 Å². The van der Waals surface area contributed by atoms with Gasteiger partial charge in [0.1, 0.15) is 11.0 Å². The number of fused-ring (bicyclic) bond motifs is 6. The van der Waals surface area contributed by atoms with Crippen molar-refractivity contribution in [1.82, 2.24) is 39.7 Å². The van der Waals surface area contributed by atoms with Crippen LogP contribution in [-0.4, -0.2) is 64.6 Å². The first kappa shape index (κ1) is 39.3. The van der Waals surface area contributed by atoms with Gasteiger partial charge in [0.05, 0.1) is 49.1 Å². The summed E-state index contributed by atoms with van der Waals surface area (Å²) in [5.74, 6) is 2.39. The molecule has 0 saturated carbocycles. The molecule has 4 aliphatic rings. The first-order chi connectivity index (χ1) is 25.8. The lowest BCUT2D eigenvalue weighted by molar-refractivity contribution is 0.178. The molecule has 0 radical (unpaired) electrons. The van der Waals surface area contributed by atoms with Gasteiger partial charge < -0.3 is 30.0 Å². The summed E-state index contributed by atoms with van der Waals surface area (Å²) >= 11 is 0. The van der Waals surface area contributed by atoms with E-state index >= 15 is 0 Å². The third kappa shape index (κ3) is 8.00. The van der Waals surface area contributed by atoms with Crippen LogP contribution in [0, 0.1) is 23.7 Å². The highest BCUT2D eigenvalue weighted by Crippen LogP contribution is 2.40. The van der Waals surface area contributed by atoms with Crippen molar-refractivity contribution in [2.75, 3.05) is 13.2 Å². The highest BCUT2D eigenvalue weighted by atomic mass is 16.3. The summed E-state index contributed by atoms with van der Waals surface area (Å²) in [5, 5.41) is 27.4. The molecule has 296 valence electrons. The van der Waals surface area contributed by atoms with Gasteiger partial charge in [-0.15, -0.1) is 0 Å². The molecule has 10 heteroatoms. The Morgan fingerprint density at radius 3 is 1.44 bits per heavy atom. The zero-order valence-corrected chi connectivity index (χ0v) is 34.4. The van der Waals surface area contributed by atoms with Gasteiger partial charge in [0.15, 0.2) is 11.3 Å². The normalized spacial score (nSPS) is 27.9. The Hall–Kier alpha value is -2.92. The van der Waals surface area contributed by atoms with E-state index in [2.05, 4.69) is 87.3 Å². The minimum atomic E-state index is 0.148. The monoisotopic (exact) mass is 741 g/mol. The maximum absolute atomic E-state index is 9.98. The van der Waals surface area contributed by atoms with Crippen LogP contribution in [0.3, 0.4) is 0 Å². The van der Waals surface area contributed by atoms with Crippen LogP contribution in [-0.2, 0) is 23.9 Å². The second-order valence-corrected chi connectivity index (χ2v) is 19.3. The van der Waals surface area contributed by atoms with Crippen LogP contribution >= 0.6 is 0 Å². The Morgan fingerprint density at radius 1 is 0.667 bits per heavy atom. The molecule has 6 atom stereocenters. The third-order valence-corrected chi connectivity index (χ3v) is 13.3. The van der Waals surface area contributed by atoms with E-state index in [0.29, 0.717) is 23.7 Å². The molecule has 54 heavy (non-hydrogen) atoms. The average molecular weight is 741 g/mol. The molecule has 0 aliphatic carbocycles. The molecule has 2 fully saturated rings. The molecule has 2 saturated heterocycles. The summed E-state index contributed by atoms with van der Waals surface area (Å²) in [6.07, 6.45) is 15.4. The van der Waals surface area contributed by atoms with Gasteiger partial charge >= 0.3 is 0 Å². The van der Waals surface area contributed by atoms with Gasteiger partial charge in [-0.05, 0) is 87.2 Å². The lowest BCUT2D eigenvalue weighted by Crippen LogP contribution is -2.40. The zero-order valence-electron chi connectivity index (χ0n) is 34.4. The molecule has 4 aromatic rings. The fourth-order valence-corrected chi connectivity index (χ4v) is 10.2. The standard InChI is InChI=1S/2C22H34N4O/c2*1-14(2)10-15-6-5-7-16(24-19(15)13-27)18-12-23-17-11-20-22(3,4)8-9-26(20)21(17)25-18/h2*11-12,14-16,19,24,27H,5-10,13H2,1-4H3. The Morgan fingerprint density at radius 2 is 1.07 bits per heavy atom. The fourth-order valence-electron chi connectivity index (χ4n) is 10.2. The molecular formula is C44H68N8O2. The van der Waals surface area contributed by atoms with E-state index in [1.54, 1.807) is 0 Å². The Labute approximate surface area is 323 Å². The largest absolute Gasteiger partial charge is 0.395 e. The van der Waals surface area contributed by atoms with Crippen LogP contribution in [0.4, 0.5) is 0 Å². The number of rotatable bonds is 8. The number of hydrogen-bond donors (Lipinski definition) is 4. The SMILES string of the molecule is CC(C)CC1CCCC(c2cnc3cc4n(c3n2)CCC4(C)C)NC1CO.CC(C)CC1CCCC(c2cnc3cc4n(c3n2)CCC4(C)C)NC1CO. The third-order valence-electron chi connectivity index (χ3n) is 13.3. The maximum Gasteiger partial charge on any atom is 0.159 e. The molecule has 0 spiro atoms. The number of aryl methyl sites for hydroxylation is 2. The van der Waals surface area contributed by atoms with Crippen molar-refractivity contribution in [3.63, 3.8) is 0 Å². The van der Waals surface area contributed by atoms with E-state index in [9.17, 15) is 10.2 Å². The molecule has 4 N–H and O–H groups in total. The number of nitrogens with zero attached hydrogens (tertiary/aromatic N) is 6. The second kappa shape index (κ2) is 15.9. The van der Waals surface area contributed by atoms with E-state index in [-0.39, 0.29) is 48.2 Å². The van der Waals surface area contributed by atoms with Gasteiger partial charge in [0, 0.05) is 47.4 Å². The molecule has 0 amide bonds. The van der Waals surface area contributed by atoms with Crippen LogP contribution in [0.1, 0.15) is 154 Å². The van der Waals surface area contributed by atoms with Crippen molar-refractivity contribution in [3.8, 4) is 0 Å². The van der Waals surface area contributed by atoms with E-state index in [1.807, 2.05) is 12.4 Å². The number of nitrogens with one attached hydrogen (secondary N) is 2. The molecule has 10 nitrogen and oxygen atoms in total. The van der Waals surface area contributed by atoms with Crippen molar-refractivity contribution in [1.29, 1.82) is 0 Å². The highest BCUT2D eigenvalue weighted by molar-refractivity contribution is 5.75. The lowest BCUT2D eigenvalue weighted by Gasteiger charge is -2.27. The lowest BCUT2D eigenvalue weighted by atomic mass is 9.88. The van der Waals surface area contributed by atoms with Gasteiger partial charge in [0.25, 0.3) is 0 Å². The summed E-state index contributed by atoms with van der Waals surface area (Å²) in [5.41, 5.74) is 9.23. The molecular weight excluding hydrogens is 673 g/mol.